The van der Waals surface area contributed by atoms with Gasteiger partial charge >= 0.3 is 17.4 Å². The summed E-state index contributed by atoms with van der Waals surface area (Å²) in [5.74, 6) is 0. The van der Waals surface area contributed by atoms with Crippen molar-refractivity contribution in [3.63, 3.8) is 0 Å². The van der Waals surface area contributed by atoms with E-state index in [0.29, 0.717) is 12.1 Å². The highest BCUT2D eigenvalue weighted by molar-refractivity contribution is 6.32. The molecule has 1 N–H and O–H groups in total. The molecule has 10 heteroatoms. The van der Waals surface area contributed by atoms with Gasteiger partial charge in [-0.3, -0.25) is 4.79 Å². The molecule has 20 heavy (non-hydrogen) atoms. The summed E-state index contributed by atoms with van der Waals surface area (Å²) in [6.45, 7) is 0. The molecule has 0 atom stereocenters. The summed E-state index contributed by atoms with van der Waals surface area (Å²) >= 11 is 5.42. The van der Waals surface area contributed by atoms with Crippen LogP contribution in [0.1, 0.15) is 11.3 Å². The fourth-order valence-electron chi connectivity index (χ4n) is 1.61. The molecule has 0 spiro atoms. The van der Waals surface area contributed by atoms with Crippen LogP contribution in [-0.2, 0) is 6.18 Å². The maximum atomic E-state index is 12.7. The first-order chi connectivity index (χ1) is 9.18. The van der Waals surface area contributed by atoms with Crippen LogP contribution in [0.15, 0.2) is 16.9 Å². The van der Waals surface area contributed by atoms with E-state index < -0.39 is 39.0 Å². The maximum absolute atomic E-state index is 12.7. The zero-order valence-corrected chi connectivity index (χ0v) is 10.0. The lowest BCUT2D eigenvalue weighted by Crippen LogP contribution is -2.42. The predicted octanol–water partition coefficient (Wildman–Crippen LogP) is 1.42. The van der Waals surface area contributed by atoms with Crippen LogP contribution in [0.5, 0.6) is 0 Å². The van der Waals surface area contributed by atoms with Gasteiger partial charge < -0.3 is 10.4 Å². The Bertz CT molecular complexity index is 823. The van der Waals surface area contributed by atoms with Gasteiger partial charge in [0.25, 0.3) is 0 Å². The van der Waals surface area contributed by atoms with Gasteiger partial charge in [0.05, 0.1) is 10.6 Å². The van der Waals surface area contributed by atoms with Crippen molar-refractivity contribution in [3.05, 3.63) is 44.0 Å². The molecular formula is C10H3ClF3N3O3. The van der Waals surface area contributed by atoms with Crippen LogP contribution < -0.4 is 10.3 Å². The molecule has 0 unspecified atom stereocenters. The third kappa shape index (κ3) is 1.90. The van der Waals surface area contributed by atoms with E-state index in [2.05, 4.69) is 0 Å². The van der Waals surface area contributed by atoms with Crippen LogP contribution in [0.2, 0.25) is 5.02 Å². The van der Waals surface area contributed by atoms with E-state index in [1.54, 1.807) is 0 Å². The van der Waals surface area contributed by atoms with Gasteiger partial charge in [-0.2, -0.15) is 18.4 Å². The lowest BCUT2D eigenvalue weighted by molar-refractivity contribution is -0.582. The number of nitrogens with zero attached hydrogens (tertiary/aromatic N) is 3. The third-order valence-electron chi connectivity index (χ3n) is 2.52. The third-order valence-corrected chi connectivity index (χ3v) is 2.83. The predicted molar refractivity (Wildman–Crippen MR) is 59.1 cm³/mol. The van der Waals surface area contributed by atoms with Crippen molar-refractivity contribution in [1.82, 2.24) is 4.73 Å². The van der Waals surface area contributed by atoms with Gasteiger partial charge in [-0.1, -0.05) is 11.6 Å². The van der Waals surface area contributed by atoms with E-state index in [4.69, 9.17) is 16.9 Å². The molecule has 0 amide bonds. The lowest BCUT2D eigenvalue weighted by atomic mass is 10.2. The van der Waals surface area contributed by atoms with Gasteiger partial charge in [0, 0.05) is 6.07 Å². The van der Waals surface area contributed by atoms with Crippen LogP contribution in [0.4, 0.5) is 13.2 Å². The topological polar surface area (TPSA) is 93.0 Å². The van der Waals surface area contributed by atoms with E-state index in [-0.39, 0.29) is 9.46 Å². The largest absolute Gasteiger partial charge is 0.617 e. The molecule has 2 rings (SSSR count). The summed E-state index contributed by atoms with van der Waals surface area (Å²) in [4.78, 5) is 11.4. The Kier molecular flexibility index (Phi) is 2.98. The quantitative estimate of drug-likeness (QED) is 0.452. The van der Waals surface area contributed by atoms with Crippen LogP contribution in [0.25, 0.3) is 11.0 Å². The lowest BCUT2D eigenvalue weighted by Gasteiger charge is -2.11. The molecule has 1 heterocycles. The van der Waals surface area contributed by atoms with Crippen LogP contribution >= 0.6 is 11.6 Å². The Hall–Kier alpha value is -2.47. The number of fused-ring (bicyclic) bond motifs is 1. The monoisotopic (exact) mass is 305 g/mol. The summed E-state index contributed by atoms with van der Waals surface area (Å²) in [5, 5.41) is 29.0. The van der Waals surface area contributed by atoms with Crippen molar-refractivity contribution < 1.29 is 23.1 Å². The standard InChI is InChI=1S/C10H3ClF3N3O3/c11-5-2-7-6(1-4(5)10(12,13)14)16(19)8(3-15)9(18)17(7)20/h1-2,20H. The summed E-state index contributed by atoms with van der Waals surface area (Å²) in [6.07, 6.45) is -4.83. The Morgan fingerprint density at radius 1 is 1.45 bits per heavy atom. The minimum absolute atomic E-state index is 0.103. The van der Waals surface area contributed by atoms with Gasteiger partial charge in [0.2, 0.25) is 5.52 Å². The van der Waals surface area contributed by atoms with E-state index in [9.17, 15) is 28.4 Å². The molecular weight excluding hydrogens is 303 g/mol. The van der Waals surface area contributed by atoms with E-state index in [0.717, 1.165) is 0 Å². The number of alkyl halides is 3. The van der Waals surface area contributed by atoms with E-state index in [1.807, 2.05) is 0 Å². The van der Waals surface area contributed by atoms with Crippen molar-refractivity contribution in [1.29, 1.82) is 5.26 Å². The molecule has 0 fully saturated rings. The molecule has 104 valence electrons. The highest BCUT2D eigenvalue weighted by atomic mass is 35.5. The molecule has 0 bridgehead atoms. The van der Waals surface area contributed by atoms with Crippen LogP contribution in [0.3, 0.4) is 0 Å². The Balaban J connectivity index is 3.03. The van der Waals surface area contributed by atoms with Gasteiger partial charge in [-0.25, -0.2) is 0 Å². The molecule has 1 aromatic heterocycles. The van der Waals surface area contributed by atoms with Gasteiger partial charge in [0.15, 0.2) is 11.6 Å². The summed E-state index contributed by atoms with van der Waals surface area (Å²) in [6, 6.07) is 2.19. The van der Waals surface area contributed by atoms with Crippen LogP contribution in [0, 0.1) is 16.5 Å². The van der Waals surface area contributed by atoms with Crippen LogP contribution in [-0.4, -0.2) is 9.94 Å². The summed E-state index contributed by atoms with van der Waals surface area (Å²) < 4.78 is 37.7. The van der Waals surface area contributed by atoms with Crippen molar-refractivity contribution in [2.75, 3.05) is 0 Å². The van der Waals surface area contributed by atoms with Gasteiger partial charge in [-0.15, -0.1) is 9.46 Å². The average Bonchev–Trinajstić information content (AvgIpc) is 2.35. The number of benzene rings is 1. The summed E-state index contributed by atoms with van der Waals surface area (Å²) in [5.41, 5.74) is -4.98. The Labute approximate surface area is 113 Å². The van der Waals surface area contributed by atoms with E-state index >= 15 is 0 Å². The first kappa shape index (κ1) is 14.0. The number of aromatic nitrogens is 2. The number of hydrogen-bond donors (Lipinski definition) is 1. The van der Waals surface area contributed by atoms with Gasteiger partial charge in [-0.05, 0) is 6.07 Å². The second-order valence-corrected chi connectivity index (χ2v) is 4.10. The molecule has 0 aliphatic heterocycles. The molecule has 0 aliphatic rings. The minimum Gasteiger partial charge on any atom is -0.617 e. The highest BCUT2D eigenvalue weighted by Gasteiger charge is 2.35. The second kappa shape index (κ2) is 4.28. The highest BCUT2D eigenvalue weighted by Crippen LogP contribution is 2.36. The molecule has 0 radical (unpaired) electrons. The first-order valence-corrected chi connectivity index (χ1v) is 5.24. The Morgan fingerprint density at radius 2 is 2.05 bits per heavy atom. The van der Waals surface area contributed by atoms with Crippen molar-refractivity contribution >= 4 is 22.6 Å². The zero-order chi connectivity index (χ0) is 15.2. The van der Waals surface area contributed by atoms with Crippen molar-refractivity contribution in [2.24, 2.45) is 0 Å². The van der Waals surface area contributed by atoms with Crippen molar-refractivity contribution in [3.8, 4) is 6.07 Å². The number of halogens is 4. The smallest absolute Gasteiger partial charge is 0.418 e. The molecule has 0 saturated heterocycles. The van der Waals surface area contributed by atoms with Crippen molar-refractivity contribution in [2.45, 2.75) is 6.18 Å². The molecule has 6 nitrogen and oxygen atoms in total. The number of rotatable bonds is 0. The average molecular weight is 306 g/mol. The second-order valence-electron chi connectivity index (χ2n) is 3.69. The number of nitriles is 1. The molecule has 1 aromatic carbocycles. The normalized spacial score (nSPS) is 11.6. The first-order valence-electron chi connectivity index (χ1n) is 4.87. The fraction of sp³-hybridized carbons (Fsp3) is 0.100. The van der Waals surface area contributed by atoms with Gasteiger partial charge in [0.1, 0.15) is 0 Å². The fourth-order valence-corrected chi connectivity index (χ4v) is 1.88. The maximum Gasteiger partial charge on any atom is 0.418 e. The number of hydrogen-bond acceptors (Lipinski definition) is 4. The molecule has 0 aliphatic carbocycles. The molecule has 2 aromatic rings. The summed E-state index contributed by atoms with van der Waals surface area (Å²) in [7, 11) is 0. The SMILES string of the molecule is N#Cc1c(=O)n(O)c2cc(Cl)c(C(F)(F)F)cc2[n+]1[O-]. The molecule has 0 saturated carbocycles. The zero-order valence-electron chi connectivity index (χ0n) is 9.27. The Morgan fingerprint density at radius 3 is 2.55 bits per heavy atom. The minimum atomic E-state index is -4.83. The van der Waals surface area contributed by atoms with E-state index in [1.165, 1.54) is 6.07 Å².